The molecule has 0 saturated heterocycles. The first-order chi connectivity index (χ1) is 16.8. The van der Waals surface area contributed by atoms with E-state index in [1.165, 1.54) is 0 Å². The van der Waals surface area contributed by atoms with Crippen molar-refractivity contribution in [2.24, 2.45) is 0 Å². The zero-order valence-electron chi connectivity index (χ0n) is 19.2. The van der Waals surface area contributed by atoms with E-state index in [0.29, 0.717) is 28.5 Å². The van der Waals surface area contributed by atoms with Crippen molar-refractivity contribution in [1.29, 1.82) is 0 Å². The van der Waals surface area contributed by atoms with Gasteiger partial charge in [0.1, 0.15) is 10.7 Å². The average molecular weight is 508 g/mol. The zero-order chi connectivity index (χ0) is 25.1. The number of amides is 3. The summed E-state index contributed by atoms with van der Waals surface area (Å²) in [5.74, 6) is -1.20. The Morgan fingerprint density at radius 3 is 2.26 bits per heavy atom. The van der Waals surface area contributed by atoms with Gasteiger partial charge in [0.05, 0.1) is 12.1 Å². The summed E-state index contributed by atoms with van der Waals surface area (Å²) in [4.78, 5) is 41.4. The molecule has 1 aliphatic heterocycles. The Balaban J connectivity index is 1.47. The number of hydrogen-bond acceptors (Lipinski definition) is 4. The lowest BCUT2D eigenvalue weighted by Gasteiger charge is -2.21. The highest BCUT2D eigenvalue weighted by molar-refractivity contribution is 6.53. The number of imide groups is 1. The van der Waals surface area contributed by atoms with Crippen LogP contribution in [0.1, 0.15) is 18.1 Å². The maximum Gasteiger partial charge on any atom is 0.283 e. The van der Waals surface area contributed by atoms with Gasteiger partial charge in [-0.2, -0.15) is 0 Å². The van der Waals surface area contributed by atoms with E-state index in [1.807, 2.05) is 37.3 Å². The fourth-order valence-corrected chi connectivity index (χ4v) is 4.28. The number of halogens is 2. The van der Waals surface area contributed by atoms with Gasteiger partial charge >= 0.3 is 0 Å². The summed E-state index contributed by atoms with van der Waals surface area (Å²) in [6, 6.07) is 21.6. The molecule has 0 bridgehead atoms. The smallest absolute Gasteiger partial charge is 0.283 e. The minimum Gasteiger partial charge on any atom is -0.350 e. The van der Waals surface area contributed by atoms with Crippen LogP contribution in [0.5, 0.6) is 0 Å². The summed E-state index contributed by atoms with van der Waals surface area (Å²) in [6.45, 7) is 4.23. The van der Waals surface area contributed by atoms with Gasteiger partial charge in [0.25, 0.3) is 11.8 Å². The predicted octanol–water partition coefficient (Wildman–Crippen LogP) is 5.68. The molecule has 1 heterocycles. The lowest BCUT2D eigenvalue weighted by atomic mass is 10.1. The second-order valence-electron chi connectivity index (χ2n) is 7.99. The molecule has 3 aromatic rings. The standard InChI is InChI=1S/C27H23Cl2N3O3/c1-3-31(20-8-5-4-6-9-20)23(33)16-18-12-14-19(15-13-18)30-25-24(29)26(34)32(27(25)35)22-11-7-10-21(28)17(22)2/h4-15,30H,3,16H2,1-2H3. The van der Waals surface area contributed by atoms with Crippen LogP contribution >= 0.6 is 23.2 Å². The Morgan fingerprint density at radius 1 is 0.914 bits per heavy atom. The van der Waals surface area contributed by atoms with Crippen molar-refractivity contribution in [1.82, 2.24) is 0 Å². The first-order valence-electron chi connectivity index (χ1n) is 11.1. The van der Waals surface area contributed by atoms with Crippen LogP contribution < -0.4 is 15.1 Å². The van der Waals surface area contributed by atoms with Gasteiger partial charge in [0.2, 0.25) is 5.91 Å². The summed E-state index contributed by atoms with van der Waals surface area (Å²) in [5.41, 5.74) is 3.21. The fraction of sp³-hybridized carbons (Fsp3) is 0.148. The molecule has 0 fully saturated rings. The predicted molar refractivity (Wildman–Crippen MR) is 140 cm³/mol. The van der Waals surface area contributed by atoms with E-state index in [4.69, 9.17) is 23.2 Å². The zero-order valence-corrected chi connectivity index (χ0v) is 20.7. The number of carbonyl (C=O) groups excluding carboxylic acids is 3. The monoisotopic (exact) mass is 507 g/mol. The third-order valence-electron chi connectivity index (χ3n) is 5.77. The van der Waals surface area contributed by atoms with E-state index < -0.39 is 11.8 Å². The SMILES string of the molecule is CCN(C(=O)Cc1ccc(NC2=C(Cl)C(=O)N(c3cccc(Cl)c3C)C2=O)cc1)c1ccccc1. The second kappa shape index (κ2) is 10.3. The van der Waals surface area contributed by atoms with Gasteiger partial charge in [-0.3, -0.25) is 14.4 Å². The van der Waals surface area contributed by atoms with Gasteiger partial charge in [-0.05, 0) is 61.4 Å². The van der Waals surface area contributed by atoms with Gasteiger partial charge in [0.15, 0.2) is 0 Å². The van der Waals surface area contributed by atoms with Gasteiger partial charge in [0, 0.05) is 22.9 Å². The van der Waals surface area contributed by atoms with E-state index in [9.17, 15) is 14.4 Å². The maximum atomic E-state index is 13.1. The van der Waals surface area contributed by atoms with Gasteiger partial charge in [-0.15, -0.1) is 0 Å². The molecular weight excluding hydrogens is 485 g/mol. The van der Waals surface area contributed by atoms with Crippen molar-refractivity contribution >= 4 is 58.0 Å². The lowest BCUT2D eigenvalue weighted by molar-refractivity contribution is -0.120. The quantitative estimate of drug-likeness (QED) is 0.417. The van der Waals surface area contributed by atoms with Crippen molar-refractivity contribution in [2.75, 3.05) is 21.7 Å². The number of anilines is 3. The van der Waals surface area contributed by atoms with Crippen molar-refractivity contribution in [3.05, 3.63) is 99.7 Å². The Bertz CT molecular complexity index is 1320. The number of rotatable bonds is 7. The Labute approximate surface area is 213 Å². The highest BCUT2D eigenvalue weighted by Crippen LogP contribution is 2.34. The van der Waals surface area contributed by atoms with Crippen LogP contribution in [0.3, 0.4) is 0 Å². The minimum absolute atomic E-state index is 0.0129. The molecular formula is C27H23Cl2N3O3. The molecule has 3 aromatic carbocycles. The summed E-state index contributed by atoms with van der Waals surface area (Å²) in [7, 11) is 0. The van der Waals surface area contributed by atoms with E-state index in [2.05, 4.69) is 5.32 Å². The van der Waals surface area contributed by atoms with Gasteiger partial charge < -0.3 is 10.2 Å². The first-order valence-corrected chi connectivity index (χ1v) is 11.8. The molecule has 0 aliphatic carbocycles. The molecule has 35 heavy (non-hydrogen) atoms. The first kappa shape index (κ1) is 24.5. The number of hydrogen-bond donors (Lipinski definition) is 1. The molecule has 0 unspecified atom stereocenters. The number of carbonyl (C=O) groups is 3. The van der Waals surface area contributed by atoms with Crippen LogP contribution in [0.25, 0.3) is 0 Å². The topological polar surface area (TPSA) is 69.7 Å². The van der Waals surface area contributed by atoms with Gasteiger partial charge in [-0.25, -0.2) is 4.90 Å². The minimum atomic E-state index is -0.618. The highest BCUT2D eigenvalue weighted by atomic mass is 35.5. The second-order valence-corrected chi connectivity index (χ2v) is 8.78. The molecule has 0 saturated carbocycles. The largest absolute Gasteiger partial charge is 0.350 e. The van der Waals surface area contributed by atoms with Crippen LogP contribution in [0.15, 0.2) is 83.5 Å². The summed E-state index contributed by atoms with van der Waals surface area (Å²) in [5, 5.41) is 3.20. The molecule has 6 nitrogen and oxygen atoms in total. The highest BCUT2D eigenvalue weighted by Gasteiger charge is 2.39. The lowest BCUT2D eigenvalue weighted by Crippen LogP contribution is -2.32. The van der Waals surface area contributed by atoms with Crippen molar-refractivity contribution < 1.29 is 14.4 Å². The molecule has 0 aromatic heterocycles. The van der Waals surface area contributed by atoms with E-state index in [1.54, 1.807) is 54.3 Å². The third-order valence-corrected chi connectivity index (χ3v) is 6.53. The summed E-state index contributed by atoms with van der Waals surface area (Å²) >= 11 is 12.4. The van der Waals surface area contributed by atoms with Crippen LogP contribution in [0, 0.1) is 6.92 Å². The van der Waals surface area contributed by atoms with Crippen molar-refractivity contribution in [3.63, 3.8) is 0 Å². The number of likely N-dealkylation sites (N-methyl/N-ethyl adjacent to an activating group) is 1. The number of para-hydroxylation sites is 1. The molecule has 4 rings (SSSR count). The Morgan fingerprint density at radius 2 is 1.60 bits per heavy atom. The summed E-state index contributed by atoms with van der Waals surface area (Å²) in [6.07, 6.45) is 0.228. The van der Waals surface area contributed by atoms with Gasteiger partial charge in [-0.1, -0.05) is 59.6 Å². The molecule has 1 aliphatic rings. The number of nitrogens with one attached hydrogen (secondary N) is 1. The van der Waals surface area contributed by atoms with E-state index >= 15 is 0 Å². The van der Waals surface area contributed by atoms with Crippen LogP contribution in [-0.4, -0.2) is 24.3 Å². The van der Waals surface area contributed by atoms with Crippen LogP contribution in [0.2, 0.25) is 5.02 Å². The van der Waals surface area contributed by atoms with Crippen molar-refractivity contribution in [3.8, 4) is 0 Å². The number of benzene rings is 3. The average Bonchev–Trinajstić information content (AvgIpc) is 3.06. The molecule has 0 atom stereocenters. The van der Waals surface area contributed by atoms with Crippen LogP contribution in [0.4, 0.5) is 17.1 Å². The molecule has 1 N–H and O–H groups in total. The maximum absolute atomic E-state index is 13.1. The molecule has 0 radical (unpaired) electrons. The fourth-order valence-electron chi connectivity index (χ4n) is 3.90. The molecule has 0 spiro atoms. The van der Waals surface area contributed by atoms with E-state index in [-0.39, 0.29) is 23.1 Å². The third kappa shape index (κ3) is 4.94. The normalized spacial score (nSPS) is 13.4. The van der Waals surface area contributed by atoms with Crippen molar-refractivity contribution in [2.45, 2.75) is 20.3 Å². The molecule has 3 amide bonds. The molecule has 178 valence electrons. The Hall–Kier alpha value is -3.61. The van der Waals surface area contributed by atoms with Crippen LogP contribution in [-0.2, 0) is 20.8 Å². The summed E-state index contributed by atoms with van der Waals surface area (Å²) < 4.78 is 0. The van der Waals surface area contributed by atoms with E-state index in [0.717, 1.165) is 16.2 Å². The molecule has 8 heteroatoms. The number of nitrogens with zero attached hydrogens (tertiary/aromatic N) is 2. The Kier molecular flexibility index (Phi) is 7.24.